The number of hydrogen-bond donors (Lipinski definition) is 1. The Morgan fingerprint density at radius 1 is 1.50 bits per heavy atom. The Morgan fingerprint density at radius 3 is 3.04 bits per heavy atom. The number of H-pyrrole nitrogens is 1. The molecule has 1 aliphatic heterocycles. The number of nitrogens with one attached hydrogen (secondary N) is 1. The number of nitrogens with zero attached hydrogens (tertiary/aromatic N) is 2. The number of halogens is 2. The highest BCUT2D eigenvalue weighted by Crippen LogP contribution is 2.26. The van der Waals surface area contributed by atoms with Crippen LogP contribution in [0, 0.1) is 5.82 Å². The van der Waals surface area contributed by atoms with Gasteiger partial charge in [0.05, 0.1) is 23.6 Å². The third-order valence-corrected chi connectivity index (χ3v) is 4.16. The van der Waals surface area contributed by atoms with E-state index in [0.717, 1.165) is 6.07 Å². The molecule has 1 amide bonds. The molecule has 1 N–H and O–H groups in total. The lowest BCUT2D eigenvalue weighted by Gasteiger charge is -2.29. The average Bonchev–Trinajstić information content (AvgIpc) is 2.56. The molecular formula is C16H15ClFN3O3. The van der Waals surface area contributed by atoms with Crippen molar-refractivity contribution >= 4 is 17.5 Å². The van der Waals surface area contributed by atoms with Crippen molar-refractivity contribution in [3.05, 3.63) is 57.0 Å². The van der Waals surface area contributed by atoms with Crippen molar-refractivity contribution in [2.24, 2.45) is 0 Å². The first-order chi connectivity index (χ1) is 11.5. The number of aromatic amines is 1. The third-order valence-electron chi connectivity index (χ3n) is 3.87. The Hall–Kier alpha value is -2.41. The van der Waals surface area contributed by atoms with Crippen LogP contribution in [0.2, 0.25) is 5.02 Å². The monoisotopic (exact) mass is 351 g/mol. The van der Waals surface area contributed by atoms with E-state index < -0.39 is 11.9 Å². The van der Waals surface area contributed by atoms with E-state index in [0.29, 0.717) is 24.2 Å². The van der Waals surface area contributed by atoms with Gasteiger partial charge in [-0.15, -0.1) is 0 Å². The van der Waals surface area contributed by atoms with Crippen LogP contribution >= 0.6 is 11.6 Å². The summed E-state index contributed by atoms with van der Waals surface area (Å²) in [6, 6.07) is 3.72. The predicted octanol–water partition coefficient (Wildman–Crippen LogP) is 1.91. The molecule has 0 fully saturated rings. The summed E-state index contributed by atoms with van der Waals surface area (Å²) < 4.78 is 18.6. The molecule has 3 rings (SSSR count). The molecule has 0 spiro atoms. The van der Waals surface area contributed by atoms with Crippen LogP contribution in [0.5, 0.6) is 5.75 Å². The van der Waals surface area contributed by atoms with Crippen LogP contribution in [0.4, 0.5) is 4.39 Å². The Morgan fingerprint density at radius 2 is 2.29 bits per heavy atom. The number of ether oxygens (including phenoxy) is 1. The molecule has 1 aliphatic rings. The highest BCUT2D eigenvalue weighted by Gasteiger charge is 2.28. The van der Waals surface area contributed by atoms with Gasteiger partial charge in [-0.05, 0) is 31.5 Å². The van der Waals surface area contributed by atoms with Crippen LogP contribution in [0.1, 0.15) is 18.2 Å². The van der Waals surface area contributed by atoms with Gasteiger partial charge in [0.2, 0.25) is 0 Å². The minimum Gasteiger partial charge on any atom is -0.479 e. The lowest BCUT2D eigenvalue weighted by atomic mass is 10.1. The second-order valence-corrected chi connectivity index (χ2v) is 5.91. The van der Waals surface area contributed by atoms with Crippen molar-refractivity contribution in [3.8, 4) is 5.75 Å². The van der Waals surface area contributed by atoms with E-state index >= 15 is 0 Å². The Kier molecular flexibility index (Phi) is 4.53. The summed E-state index contributed by atoms with van der Waals surface area (Å²) in [5.74, 6) is -0.482. The van der Waals surface area contributed by atoms with Crippen molar-refractivity contribution in [3.63, 3.8) is 0 Å². The Balaban J connectivity index is 1.71. The normalized spacial score (nSPS) is 14.9. The van der Waals surface area contributed by atoms with Gasteiger partial charge in [-0.2, -0.15) is 0 Å². The van der Waals surface area contributed by atoms with E-state index in [-0.39, 0.29) is 28.8 Å². The van der Waals surface area contributed by atoms with Crippen LogP contribution in [-0.4, -0.2) is 33.4 Å². The number of amides is 1. The molecular weight excluding hydrogens is 337 g/mol. The van der Waals surface area contributed by atoms with Gasteiger partial charge in [-0.1, -0.05) is 11.6 Å². The molecule has 0 bridgehead atoms. The lowest BCUT2D eigenvalue weighted by molar-refractivity contribution is -0.139. The molecule has 0 radical (unpaired) electrons. The summed E-state index contributed by atoms with van der Waals surface area (Å²) in [6.07, 6.45) is 0.971. The van der Waals surface area contributed by atoms with E-state index in [4.69, 9.17) is 16.3 Å². The smallest absolute Gasteiger partial charge is 0.263 e. The zero-order chi connectivity index (χ0) is 17.3. The molecule has 8 heteroatoms. The second kappa shape index (κ2) is 6.60. The van der Waals surface area contributed by atoms with Gasteiger partial charge in [-0.3, -0.25) is 9.59 Å². The van der Waals surface area contributed by atoms with E-state index in [2.05, 4.69) is 9.97 Å². The number of carbonyl (C=O) groups excluding carboxylic acids is 1. The first-order valence-corrected chi connectivity index (χ1v) is 7.79. The van der Waals surface area contributed by atoms with Crippen molar-refractivity contribution in [1.82, 2.24) is 14.9 Å². The molecule has 2 aromatic rings. The lowest BCUT2D eigenvalue weighted by Crippen LogP contribution is -2.44. The topological polar surface area (TPSA) is 75.3 Å². The minimum absolute atomic E-state index is 0.104. The molecule has 6 nitrogen and oxygen atoms in total. The Bertz CT molecular complexity index is 840. The van der Waals surface area contributed by atoms with Gasteiger partial charge in [0, 0.05) is 12.1 Å². The largest absolute Gasteiger partial charge is 0.479 e. The van der Waals surface area contributed by atoms with Crippen LogP contribution in [0.3, 0.4) is 0 Å². The minimum atomic E-state index is -0.795. The summed E-state index contributed by atoms with van der Waals surface area (Å²) >= 11 is 5.91. The van der Waals surface area contributed by atoms with Crippen LogP contribution in [0.15, 0.2) is 29.3 Å². The van der Waals surface area contributed by atoms with Crippen molar-refractivity contribution in [1.29, 1.82) is 0 Å². The van der Waals surface area contributed by atoms with Crippen molar-refractivity contribution < 1.29 is 13.9 Å². The molecule has 1 aromatic heterocycles. The molecule has 0 aliphatic carbocycles. The van der Waals surface area contributed by atoms with Gasteiger partial charge in [0.15, 0.2) is 6.10 Å². The van der Waals surface area contributed by atoms with E-state index in [1.54, 1.807) is 11.8 Å². The highest BCUT2D eigenvalue weighted by atomic mass is 35.5. The second-order valence-electron chi connectivity index (χ2n) is 5.50. The van der Waals surface area contributed by atoms with Gasteiger partial charge in [0.1, 0.15) is 11.6 Å². The fourth-order valence-corrected chi connectivity index (χ4v) is 2.83. The van der Waals surface area contributed by atoms with Crippen LogP contribution in [0.25, 0.3) is 0 Å². The van der Waals surface area contributed by atoms with E-state index in [9.17, 15) is 14.0 Å². The first-order valence-electron chi connectivity index (χ1n) is 7.41. The highest BCUT2D eigenvalue weighted by molar-refractivity contribution is 6.32. The molecule has 0 saturated carbocycles. The Labute approximate surface area is 142 Å². The SMILES string of the molecule is CC(Oc1ccc(F)cc1Cl)C(=O)N1CCc2c(nc[nH]c2=O)C1. The van der Waals surface area contributed by atoms with Gasteiger partial charge >= 0.3 is 0 Å². The maximum Gasteiger partial charge on any atom is 0.263 e. The maximum atomic E-state index is 13.1. The third kappa shape index (κ3) is 3.26. The van der Waals surface area contributed by atoms with Crippen LogP contribution < -0.4 is 10.3 Å². The predicted molar refractivity (Wildman–Crippen MR) is 85.5 cm³/mol. The summed E-state index contributed by atoms with van der Waals surface area (Å²) in [5.41, 5.74) is 1.02. The van der Waals surface area contributed by atoms with Crippen molar-refractivity contribution in [2.75, 3.05) is 6.54 Å². The summed E-state index contributed by atoms with van der Waals surface area (Å²) in [6.45, 7) is 2.26. The molecule has 24 heavy (non-hydrogen) atoms. The molecule has 1 unspecified atom stereocenters. The summed E-state index contributed by atoms with van der Waals surface area (Å²) in [4.78, 5) is 32.5. The van der Waals surface area contributed by atoms with Crippen molar-refractivity contribution in [2.45, 2.75) is 26.0 Å². The molecule has 1 atom stereocenters. The molecule has 0 saturated heterocycles. The van der Waals surface area contributed by atoms with Gasteiger partial charge < -0.3 is 14.6 Å². The zero-order valence-corrected chi connectivity index (χ0v) is 13.6. The number of hydrogen-bond acceptors (Lipinski definition) is 4. The molecule has 1 aromatic carbocycles. The summed E-state index contributed by atoms with van der Waals surface area (Å²) in [7, 11) is 0. The van der Waals surface area contributed by atoms with Gasteiger partial charge in [0.25, 0.3) is 11.5 Å². The summed E-state index contributed by atoms with van der Waals surface area (Å²) in [5, 5.41) is 0.104. The average molecular weight is 352 g/mol. The first kappa shape index (κ1) is 16.4. The number of aromatic nitrogens is 2. The quantitative estimate of drug-likeness (QED) is 0.916. The number of benzene rings is 1. The standard InChI is InChI=1S/C16H15ClFN3O3/c1-9(24-14-3-2-10(18)6-12(14)17)16(23)21-5-4-11-13(7-21)19-8-20-15(11)22/h2-3,6,8-9H,4-5,7H2,1H3,(H,19,20,22). The molecule has 2 heterocycles. The maximum absolute atomic E-state index is 13.1. The fraction of sp³-hybridized carbons (Fsp3) is 0.312. The number of carbonyl (C=O) groups is 1. The van der Waals surface area contributed by atoms with Gasteiger partial charge in [-0.25, -0.2) is 9.37 Å². The van der Waals surface area contributed by atoms with E-state index in [1.165, 1.54) is 18.5 Å². The zero-order valence-electron chi connectivity index (χ0n) is 12.9. The molecule has 126 valence electrons. The fourth-order valence-electron chi connectivity index (χ4n) is 2.62. The van der Waals surface area contributed by atoms with E-state index in [1.807, 2.05) is 0 Å². The number of rotatable bonds is 3. The van der Waals surface area contributed by atoms with Crippen LogP contribution in [-0.2, 0) is 17.8 Å². The number of fused-ring (bicyclic) bond motifs is 1.